The second-order valence-corrected chi connectivity index (χ2v) is 7.58. The lowest BCUT2D eigenvalue weighted by molar-refractivity contribution is -0.0284. The van der Waals surface area contributed by atoms with E-state index in [4.69, 9.17) is 9.47 Å². The molecule has 1 heterocycles. The quantitative estimate of drug-likeness (QED) is 0.324. The minimum absolute atomic E-state index is 0. The zero-order chi connectivity index (χ0) is 19.6. The lowest BCUT2D eigenvalue weighted by Gasteiger charge is -2.34. The third kappa shape index (κ3) is 8.53. The molecule has 1 unspecified atom stereocenters. The van der Waals surface area contributed by atoms with Crippen LogP contribution in [-0.4, -0.2) is 70.5 Å². The first-order chi connectivity index (χ1) is 13.0. The third-order valence-electron chi connectivity index (χ3n) is 4.75. The first-order valence-electron chi connectivity index (χ1n) is 9.93. The van der Waals surface area contributed by atoms with Crippen LogP contribution in [0.4, 0.5) is 0 Å². The van der Waals surface area contributed by atoms with Crippen molar-refractivity contribution in [3.63, 3.8) is 0 Å². The van der Waals surface area contributed by atoms with Gasteiger partial charge in [-0.2, -0.15) is 0 Å². The van der Waals surface area contributed by atoms with Crippen molar-refractivity contribution in [2.45, 2.75) is 33.3 Å². The number of aliphatic imine (C=N–C) groups is 1. The Morgan fingerprint density at radius 2 is 2.14 bits per heavy atom. The molecule has 0 radical (unpaired) electrons. The van der Waals surface area contributed by atoms with Crippen LogP contribution in [-0.2, 0) is 11.2 Å². The summed E-state index contributed by atoms with van der Waals surface area (Å²) in [4.78, 5) is 6.81. The van der Waals surface area contributed by atoms with Gasteiger partial charge in [0.15, 0.2) is 5.96 Å². The smallest absolute Gasteiger partial charge is 0.191 e. The highest BCUT2D eigenvalue weighted by atomic mass is 127. The molecule has 2 rings (SSSR count). The van der Waals surface area contributed by atoms with Crippen molar-refractivity contribution in [2.24, 2.45) is 10.9 Å². The van der Waals surface area contributed by atoms with E-state index >= 15 is 0 Å². The normalized spacial score (nSPS) is 17.9. The van der Waals surface area contributed by atoms with E-state index in [2.05, 4.69) is 59.5 Å². The number of ether oxygens (including phenoxy) is 2. The molecule has 1 fully saturated rings. The molecule has 28 heavy (non-hydrogen) atoms. The Balaban J connectivity index is 0.00000392. The van der Waals surface area contributed by atoms with Crippen molar-refractivity contribution in [1.29, 1.82) is 0 Å². The fraction of sp³-hybridized carbons (Fsp3) is 0.667. The van der Waals surface area contributed by atoms with E-state index in [9.17, 15) is 0 Å². The number of nitrogens with one attached hydrogen (secondary N) is 2. The van der Waals surface area contributed by atoms with Crippen LogP contribution in [0, 0.1) is 12.8 Å². The van der Waals surface area contributed by atoms with E-state index in [1.54, 1.807) is 14.2 Å². The standard InChI is InChI=1S/C21H36N4O2.HI/c1-16(2)14-25-10-11-27-19(15-25)13-24-21(22-4)23-9-8-18-7-6-17(3)20(12-18)26-5;/h6-7,12,16,19H,8-11,13-15H2,1-5H3,(H2,22,23,24);1H. The molecule has 0 aliphatic carbocycles. The fourth-order valence-corrected chi connectivity index (χ4v) is 3.36. The summed E-state index contributed by atoms with van der Waals surface area (Å²) in [6.45, 7) is 12.1. The second-order valence-electron chi connectivity index (χ2n) is 7.58. The van der Waals surface area contributed by atoms with Gasteiger partial charge in [-0.3, -0.25) is 9.89 Å². The maximum atomic E-state index is 5.89. The Labute approximate surface area is 187 Å². The number of guanidine groups is 1. The third-order valence-corrected chi connectivity index (χ3v) is 4.75. The Kier molecular flexibility index (Phi) is 11.8. The van der Waals surface area contributed by atoms with Gasteiger partial charge in [-0.05, 0) is 36.5 Å². The molecule has 7 heteroatoms. The number of hydrogen-bond donors (Lipinski definition) is 2. The highest BCUT2D eigenvalue weighted by molar-refractivity contribution is 14.0. The second kappa shape index (κ2) is 13.2. The number of rotatable bonds is 8. The minimum atomic E-state index is 0. The summed E-state index contributed by atoms with van der Waals surface area (Å²) in [5, 5.41) is 6.78. The average Bonchev–Trinajstić information content (AvgIpc) is 2.65. The largest absolute Gasteiger partial charge is 0.496 e. The van der Waals surface area contributed by atoms with Gasteiger partial charge in [0.1, 0.15) is 5.75 Å². The highest BCUT2D eigenvalue weighted by Gasteiger charge is 2.21. The summed E-state index contributed by atoms with van der Waals surface area (Å²) in [6.07, 6.45) is 1.12. The molecular weight excluding hydrogens is 467 g/mol. The number of methoxy groups -OCH3 is 1. The van der Waals surface area contributed by atoms with Gasteiger partial charge in [-0.1, -0.05) is 26.0 Å². The maximum Gasteiger partial charge on any atom is 0.191 e. The molecule has 1 aliphatic heterocycles. The van der Waals surface area contributed by atoms with E-state index in [1.807, 2.05) is 0 Å². The van der Waals surface area contributed by atoms with Gasteiger partial charge in [0.05, 0.1) is 19.8 Å². The van der Waals surface area contributed by atoms with Crippen molar-refractivity contribution >= 4 is 29.9 Å². The van der Waals surface area contributed by atoms with Crippen LogP contribution in [0.15, 0.2) is 23.2 Å². The van der Waals surface area contributed by atoms with Crippen LogP contribution in [0.3, 0.4) is 0 Å². The molecule has 2 N–H and O–H groups in total. The molecule has 0 amide bonds. The molecular formula is C21H37IN4O2. The lowest BCUT2D eigenvalue weighted by Crippen LogP contribution is -2.50. The maximum absolute atomic E-state index is 5.89. The van der Waals surface area contributed by atoms with Gasteiger partial charge >= 0.3 is 0 Å². The number of aryl methyl sites for hydroxylation is 1. The summed E-state index contributed by atoms with van der Waals surface area (Å²) in [5.74, 6) is 2.45. The molecule has 0 aromatic heterocycles. The Morgan fingerprint density at radius 1 is 1.36 bits per heavy atom. The summed E-state index contributed by atoms with van der Waals surface area (Å²) < 4.78 is 11.3. The van der Waals surface area contributed by atoms with E-state index in [-0.39, 0.29) is 30.1 Å². The first kappa shape index (κ1) is 25.0. The van der Waals surface area contributed by atoms with Crippen LogP contribution >= 0.6 is 24.0 Å². The van der Waals surface area contributed by atoms with E-state index < -0.39 is 0 Å². The van der Waals surface area contributed by atoms with Crippen LogP contribution in [0.25, 0.3) is 0 Å². The van der Waals surface area contributed by atoms with Crippen molar-refractivity contribution in [3.05, 3.63) is 29.3 Å². The summed E-state index contributed by atoms with van der Waals surface area (Å²) in [6, 6.07) is 6.35. The molecule has 160 valence electrons. The zero-order valence-electron chi connectivity index (χ0n) is 18.0. The van der Waals surface area contributed by atoms with Crippen molar-refractivity contribution in [1.82, 2.24) is 15.5 Å². The van der Waals surface area contributed by atoms with Gasteiger partial charge < -0.3 is 20.1 Å². The SMILES string of the molecule is CN=C(NCCc1ccc(C)c(OC)c1)NCC1CN(CC(C)C)CCO1.I. The predicted octanol–water partition coefficient (Wildman–Crippen LogP) is 2.69. The minimum Gasteiger partial charge on any atom is -0.496 e. The summed E-state index contributed by atoms with van der Waals surface area (Å²) >= 11 is 0. The highest BCUT2D eigenvalue weighted by Crippen LogP contribution is 2.19. The van der Waals surface area contributed by atoms with Gasteiger partial charge in [0, 0.05) is 39.8 Å². The first-order valence-corrected chi connectivity index (χ1v) is 9.93. The van der Waals surface area contributed by atoms with Gasteiger partial charge in [0.2, 0.25) is 0 Å². The van der Waals surface area contributed by atoms with E-state index in [0.29, 0.717) is 5.92 Å². The molecule has 6 nitrogen and oxygen atoms in total. The van der Waals surface area contributed by atoms with Gasteiger partial charge in [0.25, 0.3) is 0 Å². The molecule has 1 aliphatic rings. The molecule has 0 bridgehead atoms. The molecule has 1 aromatic rings. The van der Waals surface area contributed by atoms with E-state index in [0.717, 1.165) is 63.0 Å². The number of morpholine rings is 1. The van der Waals surface area contributed by atoms with Crippen molar-refractivity contribution < 1.29 is 9.47 Å². The Morgan fingerprint density at radius 3 is 2.82 bits per heavy atom. The predicted molar refractivity (Wildman–Crippen MR) is 127 cm³/mol. The Hall–Kier alpha value is -1.06. The van der Waals surface area contributed by atoms with Crippen LogP contribution in [0.5, 0.6) is 5.75 Å². The molecule has 1 atom stereocenters. The van der Waals surface area contributed by atoms with Gasteiger partial charge in [-0.25, -0.2) is 0 Å². The average molecular weight is 504 g/mol. The molecule has 1 aromatic carbocycles. The Bertz CT molecular complexity index is 610. The zero-order valence-corrected chi connectivity index (χ0v) is 20.3. The number of halogens is 1. The topological polar surface area (TPSA) is 58.1 Å². The summed E-state index contributed by atoms with van der Waals surface area (Å²) in [5.41, 5.74) is 2.41. The lowest BCUT2D eigenvalue weighted by atomic mass is 10.1. The fourth-order valence-electron chi connectivity index (χ4n) is 3.36. The van der Waals surface area contributed by atoms with E-state index in [1.165, 1.54) is 5.56 Å². The van der Waals surface area contributed by atoms with Crippen LogP contribution in [0.1, 0.15) is 25.0 Å². The number of hydrogen-bond acceptors (Lipinski definition) is 4. The monoisotopic (exact) mass is 504 g/mol. The molecule has 1 saturated heterocycles. The van der Waals surface area contributed by atoms with Crippen molar-refractivity contribution in [2.75, 3.05) is 53.5 Å². The molecule has 0 spiro atoms. The number of benzene rings is 1. The summed E-state index contributed by atoms with van der Waals surface area (Å²) in [7, 11) is 3.52. The van der Waals surface area contributed by atoms with Crippen molar-refractivity contribution in [3.8, 4) is 5.75 Å². The van der Waals surface area contributed by atoms with Crippen LogP contribution in [0.2, 0.25) is 0 Å². The number of nitrogens with zero attached hydrogens (tertiary/aromatic N) is 2. The molecule has 0 saturated carbocycles. The van der Waals surface area contributed by atoms with Crippen LogP contribution < -0.4 is 15.4 Å². The van der Waals surface area contributed by atoms with Gasteiger partial charge in [-0.15, -0.1) is 24.0 Å².